The van der Waals surface area contributed by atoms with Crippen molar-refractivity contribution in [3.05, 3.63) is 29.8 Å². The van der Waals surface area contributed by atoms with Crippen LogP contribution in [0, 0.1) is 0 Å². The first-order valence-corrected chi connectivity index (χ1v) is 7.66. The second kappa shape index (κ2) is 8.82. The number of aliphatic hydroxyl groups is 1. The lowest BCUT2D eigenvalue weighted by molar-refractivity contribution is 0.241. The lowest BCUT2D eigenvalue weighted by atomic mass is 10.2. The molecule has 1 atom stereocenters. The molecule has 0 heterocycles. The van der Waals surface area contributed by atoms with E-state index in [0.29, 0.717) is 6.42 Å². The zero-order valence-corrected chi connectivity index (χ0v) is 12.3. The predicted octanol–water partition coefficient (Wildman–Crippen LogP) is 2.83. The Labute approximate surface area is 119 Å². The maximum Gasteiger partial charge on any atom is 0.319 e. The minimum Gasteiger partial charge on any atom is -0.396 e. The smallest absolute Gasteiger partial charge is 0.319 e. The van der Waals surface area contributed by atoms with E-state index < -0.39 is 0 Å². The highest BCUT2D eigenvalue weighted by Crippen LogP contribution is 2.16. The number of thioether (sulfide) groups is 1. The highest BCUT2D eigenvalue weighted by molar-refractivity contribution is 7.98. The summed E-state index contributed by atoms with van der Waals surface area (Å²) in [5, 5.41) is 14.4. The molecule has 5 heteroatoms. The van der Waals surface area contributed by atoms with Crippen LogP contribution in [0.15, 0.2) is 24.3 Å². The van der Waals surface area contributed by atoms with Crippen LogP contribution >= 0.6 is 11.8 Å². The number of anilines is 1. The van der Waals surface area contributed by atoms with Crippen molar-refractivity contribution in [2.75, 3.05) is 17.7 Å². The molecule has 0 spiro atoms. The molecule has 4 nitrogen and oxygen atoms in total. The second-order valence-corrected chi connectivity index (χ2v) is 5.62. The van der Waals surface area contributed by atoms with Crippen molar-refractivity contribution in [3.8, 4) is 0 Å². The van der Waals surface area contributed by atoms with E-state index in [2.05, 4.69) is 23.6 Å². The number of aliphatic hydroxyl groups excluding tert-OH is 1. The van der Waals surface area contributed by atoms with Crippen LogP contribution in [0.5, 0.6) is 0 Å². The molecule has 1 aromatic rings. The van der Waals surface area contributed by atoms with Gasteiger partial charge in [-0.15, -0.1) is 0 Å². The highest BCUT2D eigenvalue weighted by atomic mass is 32.2. The number of nitrogens with one attached hydrogen (secondary N) is 2. The molecular weight excluding hydrogens is 260 g/mol. The van der Waals surface area contributed by atoms with Crippen LogP contribution in [-0.2, 0) is 5.75 Å². The third kappa shape index (κ3) is 6.50. The molecule has 0 bridgehead atoms. The molecule has 1 aromatic carbocycles. The zero-order chi connectivity index (χ0) is 14.1. The first-order chi connectivity index (χ1) is 9.15. The van der Waals surface area contributed by atoms with E-state index >= 15 is 0 Å². The molecule has 0 saturated heterocycles. The van der Waals surface area contributed by atoms with E-state index in [4.69, 9.17) is 5.11 Å². The number of amides is 2. The van der Waals surface area contributed by atoms with Crippen LogP contribution in [0.3, 0.4) is 0 Å². The van der Waals surface area contributed by atoms with E-state index in [9.17, 15) is 4.79 Å². The van der Waals surface area contributed by atoms with Gasteiger partial charge in [-0.25, -0.2) is 4.79 Å². The maximum atomic E-state index is 11.7. The molecule has 106 valence electrons. The first kappa shape index (κ1) is 15.9. The van der Waals surface area contributed by atoms with Gasteiger partial charge in [-0.1, -0.05) is 19.1 Å². The SMILES string of the molecule is CCSCc1cccc(NC(=O)N[C@H](C)CCO)c1. The summed E-state index contributed by atoms with van der Waals surface area (Å²) in [6.07, 6.45) is 0.556. The Morgan fingerprint density at radius 2 is 2.26 bits per heavy atom. The van der Waals surface area contributed by atoms with Crippen molar-refractivity contribution in [3.63, 3.8) is 0 Å². The molecule has 0 saturated carbocycles. The summed E-state index contributed by atoms with van der Waals surface area (Å²) in [7, 11) is 0. The quantitative estimate of drug-likeness (QED) is 0.720. The lowest BCUT2D eigenvalue weighted by Crippen LogP contribution is -2.36. The summed E-state index contributed by atoms with van der Waals surface area (Å²) in [6, 6.07) is 7.58. The van der Waals surface area contributed by atoms with Crippen molar-refractivity contribution < 1.29 is 9.90 Å². The number of benzene rings is 1. The Bertz CT molecular complexity index is 399. The summed E-state index contributed by atoms with van der Waals surface area (Å²) in [5.74, 6) is 2.03. The fourth-order valence-electron chi connectivity index (χ4n) is 1.62. The second-order valence-electron chi connectivity index (χ2n) is 4.35. The van der Waals surface area contributed by atoms with Crippen LogP contribution < -0.4 is 10.6 Å². The van der Waals surface area contributed by atoms with Gasteiger partial charge in [0, 0.05) is 24.1 Å². The number of hydrogen-bond donors (Lipinski definition) is 3. The molecule has 0 radical (unpaired) electrons. The van der Waals surface area contributed by atoms with Crippen molar-refractivity contribution in [2.24, 2.45) is 0 Å². The average Bonchev–Trinajstić information content (AvgIpc) is 2.36. The van der Waals surface area contributed by atoms with Gasteiger partial charge in [-0.3, -0.25) is 0 Å². The monoisotopic (exact) mass is 282 g/mol. The Balaban J connectivity index is 2.49. The van der Waals surface area contributed by atoms with Gasteiger partial charge in [-0.2, -0.15) is 11.8 Å². The molecule has 0 aliphatic heterocycles. The zero-order valence-electron chi connectivity index (χ0n) is 11.5. The summed E-state index contributed by atoms with van der Waals surface area (Å²) >= 11 is 1.85. The molecule has 1 rings (SSSR count). The minimum absolute atomic E-state index is 0.0381. The van der Waals surface area contributed by atoms with Gasteiger partial charge in [-0.05, 0) is 36.8 Å². The van der Waals surface area contributed by atoms with Crippen LogP contribution in [0.4, 0.5) is 10.5 Å². The van der Waals surface area contributed by atoms with Crippen LogP contribution in [0.1, 0.15) is 25.8 Å². The molecule has 0 fully saturated rings. The van der Waals surface area contributed by atoms with E-state index in [1.807, 2.05) is 36.9 Å². The molecule has 0 unspecified atom stereocenters. The number of rotatable bonds is 7. The predicted molar refractivity (Wildman–Crippen MR) is 81.6 cm³/mol. The third-order valence-electron chi connectivity index (χ3n) is 2.60. The maximum absolute atomic E-state index is 11.7. The van der Waals surface area contributed by atoms with E-state index in [1.54, 1.807) is 0 Å². The Morgan fingerprint density at radius 1 is 1.47 bits per heavy atom. The lowest BCUT2D eigenvalue weighted by Gasteiger charge is -2.13. The van der Waals surface area contributed by atoms with Crippen molar-refractivity contribution in [1.82, 2.24) is 5.32 Å². The van der Waals surface area contributed by atoms with E-state index in [1.165, 1.54) is 5.56 Å². The third-order valence-corrected chi connectivity index (χ3v) is 3.54. The minimum atomic E-state index is -0.235. The van der Waals surface area contributed by atoms with Gasteiger partial charge >= 0.3 is 6.03 Å². The van der Waals surface area contributed by atoms with Crippen molar-refractivity contribution >= 4 is 23.5 Å². The topological polar surface area (TPSA) is 61.4 Å². The molecule has 0 aromatic heterocycles. The van der Waals surface area contributed by atoms with Crippen molar-refractivity contribution in [1.29, 1.82) is 0 Å². The fourth-order valence-corrected chi connectivity index (χ4v) is 2.23. The molecule has 3 N–H and O–H groups in total. The molecule has 2 amide bonds. The van der Waals surface area contributed by atoms with Gasteiger partial charge in [0.15, 0.2) is 0 Å². The normalized spacial score (nSPS) is 11.9. The van der Waals surface area contributed by atoms with Gasteiger partial charge < -0.3 is 15.7 Å². The highest BCUT2D eigenvalue weighted by Gasteiger charge is 2.06. The summed E-state index contributed by atoms with van der Waals surface area (Å²) in [5.41, 5.74) is 2.00. The van der Waals surface area contributed by atoms with E-state index in [0.717, 1.165) is 17.2 Å². The summed E-state index contributed by atoms with van der Waals surface area (Å²) in [6.45, 7) is 4.07. The average molecular weight is 282 g/mol. The van der Waals surface area contributed by atoms with Crippen LogP contribution in [0.25, 0.3) is 0 Å². The standard InChI is InChI=1S/C14H22N2O2S/c1-3-19-10-12-5-4-6-13(9-12)16-14(18)15-11(2)7-8-17/h4-6,9,11,17H,3,7-8,10H2,1-2H3,(H2,15,16,18)/t11-/m1/s1. The summed E-state index contributed by atoms with van der Waals surface area (Å²) < 4.78 is 0. The number of carbonyl (C=O) groups is 1. The van der Waals surface area contributed by atoms with Gasteiger partial charge in [0.05, 0.1) is 0 Å². The van der Waals surface area contributed by atoms with Crippen molar-refractivity contribution in [2.45, 2.75) is 32.1 Å². The Kier molecular flexibility index (Phi) is 7.36. The molecule has 0 aliphatic rings. The number of hydrogen-bond acceptors (Lipinski definition) is 3. The molecular formula is C14H22N2O2S. The first-order valence-electron chi connectivity index (χ1n) is 6.50. The van der Waals surface area contributed by atoms with E-state index in [-0.39, 0.29) is 18.7 Å². The van der Waals surface area contributed by atoms with Crippen LogP contribution in [0.2, 0.25) is 0 Å². The Hall–Kier alpha value is -1.20. The Morgan fingerprint density at radius 3 is 2.95 bits per heavy atom. The molecule has 0 aliphatic carbocycles. The van der Waals surface area contributed by atoms with Gasteiger partial charge in [0.25, 0.3) is 0 Å². The number of carbonyl (C=O) groups excluding carboxylic acids is 1. The van der Waals surface area contributed by atoms with Crippen LogP contribution in [-0.4, -0.2) is 29.5 Å². The summed E-state index contributed by atoms with van der Waals surface area (Å²) in [4.78, 5) is 11.7. The van der Waals surface area contributed by atoms with Gasteiger partial charge in [0.2, 0.25) is 0 Å². The largest absolute Gasteiger partial charge is 0.396 e. The fraction of sp³-hybridized carbons (Fsp3) is 0.500. The molecule has 19 heavy (non-hydrogen) atoms. The van der Waals surface area contributed by atoms with Gasteiger partial charge in [0.1, 0.15) is 0 Å². The number of urea groups is 1.